The number of aliphatic hydroxyl groups excluding tert-OH is 1. The van der Waals surface area contributed by atoms with Gasteiger partial charge in [0, 0.05) is 0 Å². The Morgan fingerprint density at radius 2 is 1.94 bits per heavy atom. The number of amides is 2. The van der Waals surface area contributed by atoms with Gasteiger partial charge in [-0.05, 0) is 0 Å². The molecule has 31 heavy (non-hydrogen) atoms. The minimum absolute atomic E-state index is 0.0561. The number of carbonyl (C=O) groups is 4. The Bertz CT molecular complexity index is 955. The topological polar surface area (TPSA) is 134 Å². The summed E-state index contributed by atoms with van der Waals surface area (Å²) in [5.41, 5.74) is -4.26. The Balaban J connectivity index is 1.66. The molecular formula is C20H26N2O8Sn. The Morgan fingerprint density at radius 3 is 2.45 bits per heavy atom. The van der Waals surface area contributed by atoms with Crippen molar-refractivity contribution in [3.05, 3.63) is 0 Å². The number of nitrogens with zero attached hydrogens (tertiary/aromatic N) is 2. The first-order valence-corrected chi connectivity index (χ1v) is 13.2. The molecule has 10 nitrogen and oxygen atoms in total. The van der Waals surface area contributed by atoms with Crippen molar-refractivity contribution in [1.82, 2.24) is 9.80 Å². The van der Waals surface area contributed by atoms with E-state index in [9.17, 15) is 29.4 Å². The van der Waals surface area contributed by atoms with Gasteiger partial charge < -0.3 is 0 Å². The molecule has 0 aromatic heterocycles. The zero-order valence-electron chi connectivity index (χ0n) is 18.1. The summed E-state index contributed by atoms with van der Waals surface area (Å²) < 4.78 is 9.35. The van der Waals surface area contributed by atoms with Crippen LogP contribution in [0.2, 0.25) is 0 Å². The van der Waals surface area contributed by atoms with E-state index in [1.165, 1.54) is 23.8 Å². The van der Waals surface area contributed by atoms with Crippen LogP contribution >= 0.6 is 0 Å². The summed E-state index contributed by atoms with van der Waals surface area (Å²) in [4.78, 5) is 55.1. The number of rotatable bonds is 2. The molecular weight excluding hydrogens is 515 g/mol. The van der Waals surface area contributed by atoms with Crippen LogP contribution < -0.4 is 0 Å². The summed E-state index contributed by atoms with van der Waals surface area (Å²) in [6.45, 7) is 5.99. The van der Waals surface area contributed by atoms with E-state index >= 15 is 0 Å². The Kier molecular flexibility index (Phi) is 4.05. The first kappa shape index (κ1) is 21.6. The third-order valence-corrected chi connectivity index (χ3v) is 14.5. The number of hydrogen-bond donors (Lipinski definition) is 2. The number of Topliss-reactive ketones (excluding diaryl/α,β-unsaturated/α-hetero) is 1. The number of likely N-dealkylation sites (N-methyl/N-ethyl adjacent to an activating group) is 1. The fourth-order valence-corrected chi connectivity index (χ4v) is 13.0. The van der Waals surface area contributed by atoms with Crippen LogP contribution in [0.25, 0.3) is 0 Å². The van der Waals surface area contributed by atoms with Gasteiger partial charge in [0.15, 0.2) is 0 Å². The van der Waals surface area contributed by atoms with Crippen LogP contribution in [0.4, 0.5) is 0 Å². The standard InChI is InChI=1S/C20H26N2O8.Sn/c1-9-18(3,4)16(27)20(30-9)7-13-19(28,17(20)29-10(2)24)6-11-14(25)21(5)12(8-23)15(26)22(11)13;/h9,13,17,23,28H,6-8H2,1-5H3;/t9-,13-,17+,19+,20+;/m1./s1. The first-order valence-electron chi connectivity index (χ1n) is 10.4. The van der Waals surface area contributed by atoms with Crippen LogP contribution in [0.15, 0.2) is 0 Å². The van der Waals surface area contributed by atoms with E-state index in [2.05, 4.69) is 0 Å². The molecule has 0 aromatic rings. The van der Waals surface area contributed by atoms with Crippen LogP contribution in [0.3, 0.4) is 0 Å². The molecule has 2 N–H and O–H groups in total. The first-order chi connectivity index (χ1) is 14.2. The average Bonchev–Trinajstić information content (AvgIpc) is 3.29. The van der Waals surface area contributed by atoms with Gasteiger partial charge in [-0.25, -0.2) is 0 Å². The van der Waals surface area contributed by atoms with Crippen molar-refractivity contribution in [3.8, 4) is 0 Å². The third-order valence-electron chi connectivity index (χ3n) is 8.32. The van der Waals surface area contributed by atoms with E-state index in [0.717, 1.165) is 0 Å². The second-order valence-corrected chi connectivity index (χ2v) is 15.6. The molecule has 5 fully saturated rings. The third kappa shape index (κ3) is 2.07. The number of carbonyl (C=O) groups excluding carboxylic acids is 4. The number of aliphatic hydroxyl groups is 2. The molecule has 5 rings (SSSR count). The van der Waals surface area contributed by atoms with E-state index in [4.69, 9.17) is 9.47 Å². The predicted octanol–water partition coefficient (Wildman–Crippen LogP) is -2.02. The van der Waals surface area contributed by atoms with Crippen LogP contribution in [-0.4, -0.2) is 115 Å². The van der Waals surface area contributed by atoms with E-state index < -0.39 is 75.7 Å². The SMILES string of the molecule is CC(=O)O[C@H]1[C@]2(O)C[C@]34[Sn][C@](CO)(C(=O)N3[C@@H]2C[C@@]12O[C@H](C)C(C)(C)C2=O)N(C)C4=O. The summed E-state index contributed by atoms with van der Waals surface area (Å²) in [5.74, 6) is -1.64. The summed E-state index contributed by atoms with van der Waals surface area (Å²) in [5, 5.41) is 22.0. The number of ketones is 1. The molecule has 1 aliphatic carbocycles. The van der Waals surface area contributed by atoms with Crippen LogP contribution in [0.5, 0.6) is 0 Å². The quantitative estimate of drug-likeness (QED) is 0.303. The number of piperazine rings is 1. The van der Waals surface area contributed by atoms with Gasteiger partial charge in [0.1, 0.15) is 0 Å². The summed E-state index contributed by atoms with van der Waals surface area (Å²) >= 11 is -1.93. The van der Waals surface area contributed by atoms with Gasteiger partial charge in [-0.3, -0.25) is 0 Å². The van der Waals surface area contributed by atoms with Crippen LogP contribution in [-0.2, 0) is 28.7 Å². The number of ether oxygens (including phenoxy) is 2. The van der Waals surface area contributed by atoms with E-state index in [1.54, 1.807) is 20.8 Å². The summed E-state index contributed by atoms with van der Waals surface area (Å²) in [6, 6.07) is -0.915. The summed E-state index contributed by atoms with van der Waals surface area (Å²) in [7, 11) is 1.51. The number of esters is 1. The molecule has 7 atom stereocenters. The van der Waals surface area contributed by atoms with Crippen molar-refractivity contribution in [2.45, 2.75) is 77.1 Å². The van der Waals surface area contributed by atoms with Crippen molar-refractivity contribution in [3.63, 3.8) is 0 Å². The number of hydrogen-bond acceptors (Lipinski definition) is 8. The van der Waals surface area contributed by atoms with Crippen LogP contribution in [0.1, 0.15) is 40.5 Å². The molecule has 11 heteroatoms. The molecule has 168 valence electrons. The Hall–Kier alpha value is -1.24. The van der Waals surface area contributed by atoms with E-state index in [0.29, 0.717) is 0 Å². The van der Waals surface area contributed by atoms with E-state index in [1.807, 2.05) is 0 Å². The maximum atomic E-state index is 13.6. The molecule has 4 aliphatic heterocycles. The fraction of sp³-hybridized carbons (Fsp3) is 0.800. The second kappa shape index (κ2) is 5.81. The van der Waals surface area contributed by atoms with Gasteiger partial charge in [0.2, 0.25) is 0 Å². The normalized spacial score (nSPS) is 49.4. The zero-order valence-corrected chi connectivity index (χ0v) is 20.9. The molecule has 4 saturated heterocycles. The van der Waals surface area contributed by atoms with Gasteiger partial charge in [-0.2, -0.15) is 0 Å². The molecule has 5 aliphatic rings. The average molecular weight is 541 g/mol. The van der Waals surface area contributed by atoms with Gasteiger partial charge in [0.05, 0.1) is 0 Å². The molecule has 0 unspecified atom stereocenters. The molecule has 1 saturated carbocycles. The molecule has 2 radical (unpaired) electrons. The molecule has 2 bridgehead atoms. The molecule has 0 aromatic carbocycles. The maximum absolute atomic E-state index is 13.6. The fourth-order valence-electron chi connectivity index (χ4n) is 6.50. The molecule has 4 heterocycles. The minimum atomic E-state index is -1.93. The Labute approximate surface area is 189 Å². The zero-order chi connectivity index (χ0) is 22.9. The van der Waals surface area contributed by atoms with Crippen molar-refractivity contribution in [2.24, 2.45) is 5.41 Å². The van der Waals surface area contributed by atoms with Gasteiger partial charge >= 0.3 is 190 Å². The van der Waals surface area contributed by atoms with Crippen molar-refractivity contribution in [2.75, 3.05) is 13.7 Å². The van der Waals surface area contributed by atoms with Gasteiger partial charge in [-0.15, -0.1) is 0 Å². The van der Waals surface area contributed by atoms with Crippen molar-refractivity contribution >= 4 is 44.7 Å². The summed E-state index contributed by atoms with van der Waals surface area (Å²) in [6.07, 6.45) is -1.99. The van der Waals surface area contributed by atoms with Crippen LogP contribution in [0, 0.1) is 5.41 Å². The van der Waals surface area contributed by atoms with Gasteiger partial charge in [0.25, 0.3) is 0 Å². The molecule has 2 spiro atoms. The second-order valence-electron chi connectivity index (χ2n) is 10.1. The monoisotopic (exact) mass is 542 g/mol. The van der Waals surface area contributed by atoms with Gasteiger partial charge in [-0.1, -0.05) is 0 Å². The number of fused-ring (bicyclic) bond motifs is 3. The Morgan fingerprint density at radius 1 is 1.29 bits per heavy atom. The van der Waals surface area contributed by atoms with E-state index in [-0.39, 0.29) is 30.4 Å². The molecule has 2 amide bonds. The van der Waals surface area contributed by atoms with Crippen molar-refractivity contribution < 1.29 is 38.9 Å². The van der Waals surface area contributed by atoms with Crippen molar-refractivity contribution in [1.29, 1.82) is 0 Å². The predicted molar refractivity (Wildman–Crippen MR) is 104 cm³/mol.